The van der Waals surface area contributed by atoms with Crippen LogP contribution in [0.15, 0.2) is 0 Å². The molecule has 2 fully saturated rings. The highest BCUT2D eigenvalue weighted by atomic mass is 33.1. The molecular weight excluding hydrogens is 312 g/mol. The molecule has 0 unspecified atom stereocenters. The van der Waals surface area contributed by atoms with Crippen molar-refractivity contribution in [1.82, 2.24) is 21.3 Å². The minimum atomic E-state index is -1.28. The fourth-order valence-corrected chi connectivity index (χ4v) is 3.82. The van der Waals surface area contributed by atoms with Gasteiger partial charge in [0.1, 0.15) is 0 Å². The van der Waals surface area contributed by atoms with Crippen molar-refractivity contribution < 1.29 is 28.8 Å². The molecule has 8 amide bonds. The van der Waals surface area contributed by atoms with Crippen LogP contribution in [0.5, 0.6) is 0 Å². The van der Waals surface area contributed by atoms with Gasteiger partial charge in [-0.05, 0) is 0 Å². The summed E-state index contributed by atoms with van der Waals surface area (Å²) in [6.45, 7) is 0. The third-order valence-electron chi connectivity index (χ3n) is 2.15. The lowest BCUT2D eigenvalue weighted by Crippen LogP contribution is -2.58. The summed E-state index contributed by atoms with van der Waals surface area (Å²) in [4.78, 5) is 67.3. The standard InChI is InChI=1S/C8H6N4O6S2/c13-3-1(4(14)10-7(17)9-3)19-20-2-5(15)11-8(18)12-6(2)16/h1-2H,(H2,9,10,13,14,17)(H2,11,12,15,16,18). The molecule has 0 bridgehead atoms. The number of hydrogen-bond acceptors (Lipinski definition) is 8. The average molecular weight is 318 g/mol. The second kappa shape index (κ2) is 5.50. The third kappa shape index (κ3) is 2.91. The minimum Gasteiger partial charge on any atom is -0.276 e. The molecule has 10 nitrogen and oxygen atoms in total. The first kappa shape index (κ1) is 14.3. The van der Waals surface area contributed by atoms with Gasteiger partial charge in [-0.3, -0.25) is 40.4 Å². The lowest BCUT2D eigenvalue weighted by atomic mass is 10.3. The molecule has 12 heteroatoms. The first-order chi connectivity index (χ1) is 9.38. The van der Waals surface area contributed by atoms with Crippen LogP contribution in [-0.4, -0.2) is 46.2 Å². The van der Waals surface area contributed by atoms with Crippen LogP contribution in [0.3, 0.4) is 0 Å². The number of urea groups is 2. The van der Waals surface area contributed by atoms with E-state index >= 15 is 0 Å². The molecule has 20 heavy (non-hydrogen) atoms. The topological polar surface area (TPSA) is 151 Å². The molecule has 0 aromatic carbocycles. The molecule has 2 rings (SSSR count). The maximum absolute atomic E-state index is 11.4. The molecule has 0 radical (unpaired) electrons. The van der Waals surface area contributed by atoms with E-state index in [2.05, 4.69) is 0 Å². The van der Waals surface area contributed by atoms with Gasteiger partial charge in [0.2, 0.25) is 0 Å². The Hall–Kier alpha value is -2.08. The molecule has 0 spiro atoms. The van der Waals surface area contributed by atoms with Gasteiger partial charge in [-0.2, -0.15) is 0 Å². The van der Waals surface area contributed by atoms with E-state index in [1.807, 2.05) is 21.3 Å². The Bertz CT molecular complexity index is 461. The molecule has 2 heterocycles. The maximum atomic E-state index is 11.4. The Labute approximate surface area is 118 Å². The molecular formula is C8H6N4O6S2. The summed E-state index contributed by atoms with van der Waals surface area (Å²) in [5.74, 6) is -3.37. The van der Waals surface area contributed by atoms with Gasteiger partial charge in [0.05, 0.1) is 0 Å². The molecule has 106 valence electrons. The van der Waals surface area contributed by atoms with Crippen molar-refractivity contribution in [2.75, 3.05) is 0 Å². The highest BCUT2D eigenvalue weighted by Crippen LogP contribution is 2.33. The number of carbonyl (C=O) groups is 6. The van der Waals surface area contributed by atoms with Crippen molar-refractivity contribution in [3.63, 3.8) is 0 Å². The van der Waals surface area contributed by atoms with Crippen molar-refractivity contribution in [1.29, 1.82) is 0 Å². The highest BCUT2D eigenvalue weighted by molar-refractivity contribution is 8.77. The lowest BCUT2D eigenvalue weighted by molar-refractivity contribution is -0.130. The smallest absolute Gasteiger partial charge is 0.276 e. The van der Waals surface area contributed by atoms with Gasteiger partial charge in [0, 0.05) is 0 Å². The zero-order valence-corrected chi connectivity index (χ0v) is 11.1. The predicted molar refractivity (Wildman–Crippen MR) is 66.1 cm³/mol. The summed E-state index contributed by atoms with van der Waals surface area (Å²) >= 11 is 0. The third-order valence-corrected chi connectivity index (χ3v) is 4.99. The maximum Gasteiger partial charge on any atom is 0.328 e. The minimum absolute atomic E-state index is 0.638. The second-order valence-electron chi connectivity index (χ2n) is 3.57. The Morgan fingerprint density at radius 2 is 0.800 bits per heavy atom. The molecule has 0 atom stereocenters. The first-order valence-electron chi connectivity index (χ1n) is 5.02. The Kier molecular flexibility index (Phi) is 3.94. The number of nitrogens with one attached hydrogen (secondary N) is 4. The number of imide groups is 4. The van der Waals surface area contributed by atoms with Crippen LogP contribution in [0.1, 0.15) is 0 Å². The van der Waals surface area contributed by atoms with Crippen LogP contribution in [0, 0.1) is 0 Å². The van der Waals surface area contributed by atoms with Crippen LogP contribution >= 0.6 is 21.6 Å². The van der Waals surface area contributed by atoms with Crippen LogP contribution in [0.2, 0.25) is 0 Å². The van der Waals surface area contributed by atoms with Crippen molar-refractivity contribution >= 4 is 57.3 Å². The van der Waals surface area contributed by atoms with Gasteiger partial charge in [-0.15, -0.1) is 0 Å². The van der Waals surface area contributed by atoms with Gasteiger partial charge in [0.15, 0.2) is 10.5 Å². The van der Waals surface area contributed by atoms with Crippen molar-refractivity contribution in [2.45, 2.75) is 10.5 Å². The molecule has 2 aliphatic rings. The Morgan fingerprint density at radius 1 is 0.550 bits per heavy atom. The largest absolute Gasteiger partial charge is 0.328 e. The highest BCUT2D eigenvalue weighted by Gasteiger charge is 2.40. The number of hydrogen-bond donors (Lipinski definition) is 4. The Balaban J connectivity index is 1.98. The van der Waals surface area contributed by atoms with E-state index in [9.17, 15) is 28.8 Å². The number of amides is 8. The number of rotatable bonds is 3. The first-order valence-corrected chi connectivity index (χ1v) is 7.29. The summed E-state index contributed by atoms with van der Waals surface area (Å²) < 4.78 is 0. The summed E-state index contributed by atoms with van der Waals surface area (Å²) in [5.41, 5.74) is 0. The van der Waals surface area contributed by atoms with Gasteiger partial charge in [0.25, 0.3) is 23.6 Å². The Morgan fingerprint density at radius 3 is 1.05 bits per heavy atom. The van der Waals surface area contributed by atoms with E-state index in [0.717, 1.165) is 0 Å². The fourth-order valence-electron chi connectivity index (χ4n) is 1.30. The van der Waals surface area contributed by atoms with E-state index in [-0.39, 0.29) is 0 Å². The molecule has 2 saturated heterocycles. The quantitative estimate of drug-likeness (QED) is 0.339. The van der Waals surface area contributed by atoms with Crippen LogP contribution < -0.4 is 21.3 Å². The number of carbonyl (C=O) groups excluding carboxylic acids is 6. The summed E-state index contributed by atoms with van der Waals surface area (Å²) in [6, 6.07) is -1.86. The molecule has 0 aromatic rings. The zero-order valence-electron chi connectivity index (χ0n) is 9.42. The van der Waals surface area contributed by atoms with Gasteiger partial charge >= 0.3 is 12.1 Å². The molecule has 4 N–H and O–H groups in total. The van der Waals surface area contributed by atoms with Crippen molar-refractivity contribution in [3.8, 4) is 0 Å². The monoisotopic (exact) mass is 318 g/mol. The lowest BCUT2D eigenvalue weighted by Gasteiger charge is -2.23. The van der Waals surface area contributed by atoms with E-state index in [4.69, 9.17) is 0 Å². The van der Waals surface area contributed by atoms with Crippen LogP contribution in [0.4, 0.5) is 9.59 Å². The molecule has 0 aliphatic carbocycles. The molecule has 0 saturated carbocycles. The second-order valence-corrected chi connectivity index (χ2v) is 6.05. The van der Waals surface area contributed by atoms with E-state index in [1.54, 1.807) is 0 Å². The van der Waals surface area contributed by atoms with Gasteiger partial charge in [-0.1, -0.05) is 21.6 Å². The van der Waals surface area contributed by atoms with E-state index < -0.39 is 46.2 Å². The normalized spacial score (nSPS) is 21.2. The number of barbiturate groups is 2. The van der Waals surface area contributed by atoms with Gasteiger partial charge in [-0.25, -0.2) is 9.59 Å². The van der Waals surface area contributed by atoms with Gasteiger partial charge < -0.3 is 0 Å². The summed E-state index contributed by atoms with van der Waals surface area (Å²) in [7, 11) is 1.28. The van der Waals surface area contributed by atoms with Crippen LogP contribution in [-0.2, 0) is 19.2 Å². The van der Waals surface area contributed by atoms with E-state index in [0.29, 0.717) is 21.6 Å². The average Bonchev–Trinajstić information content (AvgIpc) is 2.30. The van der Waals surface area contributed by atoms with Crippen LogP contribution in [0.25, 0.3) is 0 Å². The predicted octanol–water partition coefficient (Wildman–Crippen LogP) is -2.16. The van der Waals surface area contributed by atoms with E-state index in [1.165, 1.54) is 0 Å². The summed E-state index contributed by atoms with van der Waals surface area (Å²) in [6.07, 6.45) is 0. The molecule has 0 aromatic heterocycles. The summed E-state index contributed by atoms with van der Waals surface area (Å²) in [5, 5.41) is 4.95. The SMILES string of the molecule is O=C1NC(=O)C(SSC2C(=O)NC(=O)NC2=O)C(=O)N1. The van der Waals surface area contributed by atoms with Crippen molar-refractivity contribution in [2.24, 2.45) is 0 Å². The molecule has 2 aliphatic heterocycles. The zero-order chi connectivity index (χ0) is 14.9. The fraction of sp³-hybridized carbons (Fsp3) is 0.250. The van der Waals surface area contributed by atoms with Crippen molar-refractivity contribution in [3.05, 3.63) is 0 Å².